The van der Waals surface area contributed by atoms with Gasteiger partial charge >= 0.3 is 0 Å². The third kappa shape index (κ3) is 5.18. The summed E-state index contributed by atoms with van der Waals surface area (Å²) in [5, 5.41) is 3.33. The molecule has 4 aromatic rings. The van der Waals surface area contributed by atoms with Crippen molar-refractivity contribution in [1.82, 2.24) is 0 Å². The summed E-state index contributed by atoms with van der Waals surface area (Å²) in [6, 6.07) is 32.7. The minimum atomic E-state index is -0.317. The Morgan fingerprint density at radius 2 is 1.38 bits per heavy atom. The molecule has 0 spiro atoms. The van der Waals surface area contributed by atoms with E-state index in [2.05, 4.69) is 5.32 Å². The number of hydrogen-bond acceptors (Lipinski definition) is 3. The van der Waals surface area contributed by atoms with Crippen LogP contribution in [0.5, 0.6) is 5.75 Å². The summed E-state index contributed by atoms with van der Waals surface area (Å²) >= 11 is 1.39. The molecule has 0 unspecified atom stereocenters. The van der Waals surface area contributed by atoms with E-state index in [0.29, 0.717) is 22.9 Å². The van der Waals surface area contributed by atoms with Crippen LogP contribution in [0.3, 0.4) is 0 Å². The first-order chi connectivity index (χ1) is 14.3. The number of halogens is 1. The molecule has 0 aliphatic carbocycles. The lowest BCUT2D eigenvalue weighted by Crippen LogP contribution is -1.99. The van der Waals surface area contributed by atoms with Crippen molar-refractivity contribution in [3.63, 3.8) is 0 Å². The molecule has 4 aromatic carbocycles. The summed E-state index contributed by atoms with van der Waals surface area (Å²) in [5.74, 6) is 0.171. The molecule has 0 aliphatic heterocycles. The van der Waals surface area contributed by atoms with Gasteiger partial charge in [-0.1, -0.05) is 78.5 Å². The SMILES string of the molecule is Fc1cc(OCc2ccccc2)cc(Nc2ccccc2)c1Sc1ccccc1. The second kappa shape index (κ2) is 9.30. The number of benzene rings is 4. The van der Waals surface area contributed by atoms with Gasteiger partial charge in [0.05, 0.1) is 10.6 Å². The molecule has 0 bridgehead atoms. The number of hydrogen-bond donors (Lipinski definition) is 1. The Morgan fingerprint density at radius 1 is 0.759 bits per heavy atom. The molecule has 0 saturated heterocycles. The monoisotopic (exact) mass is 401 g/mol. The largest absolute Gasteiger partial charge is 0.489 e. The fraction of sp³-hybridized carbons (Fsp3) is 0.0400. The Labute approximate surface area is 174 Å². The highest BCUT2D eigenvalue weighted by atomic mass is 32.2. The van der Waals surface area contributed by atoms with Gasteiger partial charge in [0.15, 0.2) is 0 Å². The number of para-hydroxylation sites is 1. The lowest BCUT2D eigenvalue weighted by atomic mass is 10.2. The van der Waals surface area contributed by atoms with Crippen molar-refractivity contribution in [2.45, 2.75) is 16.4 Å². The molecule has 29 heavy (non-hydrogen) atoms. The van der Waals surface area contributed by atoms with Gasteiger partial charge in [-0.15, -0.1) is 0 Å². The van der Waals surface area contributed by atoms with Crippen LogP contribution < -0.4 is 10.1 Å². The molecule has 2 nitrogen and oxygen atoms in total. The molecule has 4 heteroatoms. The molecule has 144 valence electrons. The van der Waals surface area contributed by atoms with Crippen LogP contribution in [0.4, 0.5) is 15.8 Å². The van der Waals surface area contributed by atoms with Crippen molar-refractivity contribution in [2.75, 3.05) is 5.32 Å². The van der Waals surface area contributed by atoms with Gasteiger partial charge in [0.25, 0.3) is 0 Å². The molecule has 0 amide bonds. The van der Waals surface area contributed by atoms with E-state index in [4.69, 9.17) is 4.74 Å². The summed E-state index contributed by atoms with van der Waals surface area (Å²) in [6.07, 6.45) is 0. The van der Waals surface area contributed by atoms with E-state index < -0.39 is 0 Å². The fourth-order valence-electron chi connectivity index (χ4n) is 2.87. The number of anilines is 2. The van der Waals surface area contributed by atoms with E-state index >= 15 is 4.39 Å². The average Bonchev–Trinajstić information content (AvgIpc) is 2.77. The molecule has 0 radical (unpaired) electrons. The standard InChI is InChI=1S/C25H20FNOS/c26-23-16-21(28-18-19-10-4-1-5-11-19)17-24(27-20-12-6-2-7-13-20)25(23)29-22-14-8-3-9-15-22/h1-17,27H,18H2. The fourth-order valence-corrected chi connectivity index (χ4v) is 3.78. The van der Waals surface area contributed by atoms with E-state index in [0.717, 1.165) is 16.1 Å². The van der Waals surface area contributed by atoms with Crippen LogP contribution in [0, 0.1) is 5.82 Å². The van der Waals surface area contributed by atoms with Crippen LogP contribution in [-0.4, -0.2) is 0 Å². The van der Waals surface area contributed by atoms with Gasteiger partial charge in [0, 0.05) is 22.7 Å². The van der Waals surface area contributed by atoms with Crippen molar-refractivity contribution in [3.05, 3.63) is 115 Å². The smallest absolute Gasteiger partial charge is 0.142 e. The molecule has 0 heterocycles. The van der Waals surface area contributed by atoms with Crippen LogP contribution in [0.1, 0.15) is 5.56 Å². The summed E-state index contributed by atoms with van der Waals surface area (Å²) in [5.41, 5.74) is 2.60. The van der Waals surface area contributed by atoms with Gasteiger partial charge in [0.1, 0.15) is 18.2 Å². The van der Waals surface area contributed by atoms with Crippen molar-refractivity contribution in [1.29, 1.82) is 0 Å². The van der Waals surface area contributed by atoms with Crippen LogP contribution in [0.2, 0.25) is 0 Å². The van der Waals surface area contributed by atoms with E-state index in [1.807, 2.05) is 97.1 Å². The number of nitrogens with one attached hydrogen (secondary N) is 1. The molecule has 0 fully saturated rings. The normalized spacial score (nSPS) is 10.5. The minimum absolute atomic E-state index is 0.317. The predicted octanol–water partition coefficient (Wildman–Crippen LogP) is 7.30. The first-order valence-electron chi connectivity index (χ1n) is 9.33. The predicted molar refractivity (Wildman–Crippen MR) is 117 cm³/mol. The second-order valence-electron chi connectivity index (χ2n) is 6.46. The van der Waals surface area contributed by atoms with Crippen LogP contribution >= 0.6 is 11.8 Å². The molecule has 0 aliphatic rings. The summed E-state index contributed by atoms with van der Waals surface area (Å²) in [6.45, 7) is 0.385. The van der Waals surface area contributed by atoms with Gasteiger partial charge in [-0.25, -0.2) is 4.39 Å². The zero-order chi connectivity index (χ0) is 19.9. The Kier molecular flexibility index (Phi) is 6.13. The van der Waals surface area contributed by atoms with Gasteiger partial charge in [0.2, 0.25) is 0 Å². The van der Waals surface area contributed by atoms with E-state index in [9.17, 15) is 0 Å². The van der Waals surface area contributed by atoms with Crippen LogP contribution in [-0.2, 0) is 6.61 Å². The molecular weight excluding hydrogens is 381 g/mol. The third-order valence-electron chi connectivity index (χ3n) is 4.28. The topological polar surface area (TPSA) is 21.3 Å². The maximum Gasteiger partial charge on any atom is 0.142 e. The van der Waals surface area contributed by atoms with Crippen LogP contribution in [0.25, 0.3) is 0 Å². The molecule has 1 N–H and O–H groups in total. The van der Waals surface area contributed by atoms with Gasteiger partial charge in [-0.05, 0) is 29.8 Å². The van der Waals surface area contributed by atoms with Crippen LogP contribution in [0.15, 0.2) is 113 Å². The first-order valence-corrected chi connectivity index (χ1v) is 10.1. The van der Waals surface area contributed by atoms with E-state index in [1.165, 1.54) is 17.8 Å². The number of rotatable bonds is 7. The lowest BCUT2D eigenvalue weighted by molar-refractivity contribution is 0.304. The zero-order valence-corrected chi connectivity index (χ0v) is 16.5. The van der Waals surface area contributed by atoms with E-state index in [-0.39, 0.29) is 5.82 Å². The first kappa shape index (κ1) is 19.1. The maximum atomic E-state index is 15.1. The summed E-state index contributed by atoms with van der Waals surface area (Å²) in [7, 11) is 0. The second-order valence-corrected chi connectivity index (χ2v) is 7.55. The molecule has 4 rings (SSSR count). The molecule has 0 aromatic heterocycles. The lowest BCUT2D eigenvalue weighted by Gasteiger charge is -2.15. The summed E-state index contributed by atoms with van der Waals surface area (Å²) in [4.78, 5) is 1.51. The maximum absolute atomic E-state index is 15.1. The summed E-state index contributed by atoms with van der Waals surface area (Å²) < 4.78 is 21.0. The highest BCUT2D eigenvalue weighted by molar-refractivity contribution is 7.99. The Balaban J connectivity index is 1.64. The minimum Gasteiger partial charge on any atom is -0.489 e. The Bertz CT molecular complexity index is 1060. The van der Waals surface area contributed by atoms with Crippen molar-refractivity contribution in [3.8, 4) is 5.75 Å². The van der Waals surface area contributed by atoms with Gasteiger partial charge in [-0.2, -0.15) is 0 Å². The van der Waals surface area contributed by atoms with E-state index in [1.54, 1.807) is 0 Å². The van der Waals surface area contributed by atoms with Crippen molar-refractivity contribution >= 4 is 23.1 Å². The van der Waals surface area contributed by atoms with Crippen molar-refractivity contribution in [2.24, 2.45) is 0 Å². The Morgan fingerprint density at radius 3 is 2.07 bits per heavy atom. The highest BCUT2D eigenvalue weighted by Crippen LogP contribution is 2.39. The quantitative estimate of drug-likeness (QED) is 0.351. The van der Waals surface area contributed by atoms with Gasteiger partial charge < -0.3 is 10.1 Å². The third-order valence-corrected chi connectivity index (χ3v) is 5.41. The van der Waals surface area contributed by atoms with Gasteiger partial charge in [-0.3, -0.25) is 0 Å². The molecular formula is C25H20FNOS. The molecule has 0 saturated carbocycles. The average molecular weight is 402 g/mol. The highest BCUT2D eigenvalue weighted by Gasteiger charge is 2.14. The number of ether oxygens (including phenoxy) is 1. The zero-order valence-electron chi connectivity index (χ0n) is 15.7. The Hall–Kier alpha value is -3.24. The van der Waals surface area contributed by atoms with Crippen molar-refractivity contribution < 1.29 is 9.13 Å². The molecule has 0 atom stereocenters.